The maximum absolute atomic E-state index is 4.63. The van der Waals surface area contributed by atoms with E-state index in [4.69, 9.17) is 0 Å². The fraction of sp³-hybridized carbons (Fsp3) is 0.688. The number of pyridine rings is 1. The Labute approximate surface area is 123 Å². The third kappa shape index (κ3) is 4.18. The van der Waals surface area contributed by atoms with Crippen molar-refractivity contribution < 1.29 is 0 Å². The predicted molar refractivity (Wildman–Crippen MR) is 85.1 cm³/mol. The average molecular weight is 276 g/mol. The summed E-state index contributed by atoms with van der Waals surface area (Å²) in [7, 11) is 2.19. The molecule has 4 nitrogen and oxygen atoms in total. The Bertz CT molecular complexity index is 421. The standard InChI is InChI=1S/C16H28N4/c1-13-12-20(9-8-19(13)5)15-7-6-14(10-17-15)11-18-16(2,3)4/h6-7,10,13,18H,8-9,11-12H2,1-5H3. The SMILES string of the molecule is CC1CN(c2ccc(CNC(C)(C)C)cn2)CCN1C. The Morgan fingerprint density at radius 3 is 2.60 bits per heavy atom. The fourth-order valence-corrected chi connectivity index (χ4v) is 2.33. The van der Waals surface area contributed by atoms with E-state index in [9.17, 15) is 0 Å². The van der Waals surface area contributed by atoms with Gasteiger partial charge in [-0.05, 0) is 46.4 Å². The minimum Gasteiger partial charge on any atom is -0.354 e. The van der Waals surface area contributed by atoms with Gasteiger partial charge in [-0.25, -0.2) is 4.98 Å². The highest BCUT2D eigenvalue weighted by Crippen LogP contribution is 2.16. The van der Waals surface area contributed by atoms with Crippen LogP contribution in [-0.2, 0) is 6.54 Å². The van der Waals surface area contributed by atoms with E-state index in [0.717, 1.165) is 32.0 Å². The molecule has 0 aliphatic carbocycles. The van der Waals surface area contributed by atoms with Gasteiger partial charge in [0.25, 0.3) is 0 Å². The lowest BCUT2D eigenvalue weighted by atomic mass is 10.1. The summed E-state index contributed by atoms with van der Waals surface area (Å²) in [6, 6.07) is 4.93. The first kappa shape index (κ1) is 15.3. The summed E-state index contributed by atoms with van der Waals surface area (Å²) in [6.07, 6.45) is 2.00. The molecular formula is C16H28N4. The summed E-state index contributed by atoms with van der Waals surface area (Å²) in [6.45, 7) is 12.9. The molecule has 0 radical (unpaired) electrons. The van der Waals surface area contributed by atoms with Gasteiger partial charge in [0.1, 0.15) is 5.82 Å². The fourth-order valence-electron chi connectivity index (χ4n) is 2.33. The number of hydrogen-bond acceptors (Lipinski definition) is 4. The van der Waals surface area contributed by atoms with Gasteiger partial charge in [-0.1, -0.05) is 6.07 Å². The quantitative estimate of drug-likeness (QED) is 0.916. The van der Waals surface area contributed by atoms with Crippen LogP contribution < -0.4 is 10.2 Å². The van der Waals surface area contributed by atoms with Crippen LogP contribution in [0.2, 0.25) is 0 Å². The maximum atomic E-state index is 4.63. The first-order chi connectivity index (χ1) is 9.35. The Morgan fingerprint density at radius 2 is 2.05 bits per heavy atom. The summed E-state index contributed by atoms with van der Waals surface area (Å²) < 4.78 is 0. The summed E-state index contributed by atoms with van der Waals surface area (Å²) in [5, 5.41) is 3.49. The lowest BCUT2D eigenvalue weighted by molar-refractivity contribution is 0.233. The van der Waals surface area contributed by atoms with Crippen molar-refractivity contribution in [1.82, 2.24) is 15.2 Å². The van der Waals surface area contributed by atoms with Crippen LogP contribution in [0.25, 0.3) is 0 Å². The lowest BCUT2D eigenvalue weighted by Crippen LogP contribution is -2.50. The van der Waals surface area contributed by atoms with Gasteiger partial charge in [-0.3, -0.25) is 0 Å². The predicted octanol–water partition coefficient (Wildman–Crippen LogP) is 2.11. The number of aromatic nitrogens is 1. The van der Waals surface area contributed by atoms with E-state index in [2.05, 4.69) is 67.0 Å². The Kier molecular flexibility index (Phi) is 4.66. The van der Waals surface area contributed by atoms with Crippen LogP contribution in [0.1, 0.15) is 33.3 Å². The number of hydrogen-bond donors (Lipinski definition) is 1. The molecule has 1 fully saturated rings. The molecule has 112 valence electrons. The second kappa shape index (κ2) is 6.10. The number of nitrogens with one attached hydrogen (secondary N) is 1. The molecule has 4 heteroatoms. The summed E-state index contributed by atoms with van der Waals surface area (Å²) in [5.74, 6) is 1.10. The smallest absolute Gasteiger partial charge is 0.128 e. The molecule has 1 N–H and O–H groups in total. The second-order valence-corrected chi connectivity index (χ2v) is 6.90. The van der Waals surface area contributed by atoms with Gasteiger partial charge in [0, 0.05) is 44.0 Å². The molecular weight excluding hydrogens is 248 g/mol. The van der Waals surface area contributed by atoms with Gasteiger partial charge in [-0.2, -0.15) is 0 Å². The highest BCUT2D eigenvalue weighted by atomic mass is 15.3. The number of anilines is 1. The van der Waals surface area contributed by atoms with Crippen molar-refractivity contribution >= 4 is 5.82 Å². The van der Waals surface area contributed by atoms with Crippen molar-refractivity contribution in [3.8, 4) is 0 Å². The minimum atomic E-state index is 0.144. The van der Waals surface area contributed by atoms with Crippen molar-refractivity contribution in [1.29, 1.82) is 0 Å². The Morgan fingerprint density at radius 1 is 1.30 bits per heavy atom. The van der Waals surface area contributed by atoms with Crippen LogP contribution in [0.5, 0.6) is 0 Å². The van der Waals surface area contributed by atoms with Crippen molar-refractivity contribution in [2.24, 2.45) is 0 Å². The van der Waals surface area contributed by atoms with Crippen LogP contribution >= 0.6 is 0 Å². The zero-order valence-corrected chi connectivity index (χ0v) is 13.5. The molecule has 1 aromatic heterocycles. The molecule has 1 saturated heterocycles. The van der Waals surface area contributed by atoms with Crippen LogP contribution in [0.15, 0.2) is 18.3 Å². The first-order valence-corrected chi connectivity index (χ1v) is 7.50. The normalized spacial score (nSPS) is 21.2. The molecule has 0 bridgehead atoms. The minimum absolute atomic E-state index is 0.144. The van der Waals surface area contributed by atoms with Gasteiger partial charge in [0.05, 0.1) is 0 Å². The van der Waals surface area contributed by atoms with Crippen LogP contribution in [0.4, 0.5) is 5.82 Å². The van der Waals surface area contributed by atoms with Gasteiger partial charge in [-0.15, -0.1) is 0 Å². The van der Waals surface area contributed by atoms with E-state index in [1.54, 1.807) is 0 Å². The van der Waals surface area contributed by atoms with Gasteiger partial charge in [0.2, 0.25) is 0 Å². The molecule has 0 spiro atoms. The summed E-state index contributed by atoms with van der Waals surface area (Å²) >= 11 is 0. The topological polar surface area (TPSA) is 31.4 Å². The molecule has 1 unspecified atom stereocenters. The molecule has 1 aliphatic heterocycles. The molecule has 1 atom stereocenters. The molecule has 20 heavy (non-hydrogen) atoms. The zero-order valence-electron chi connectivity index (χ0n) is 13.5. The van der Waals surface area contributed by atoms with E-state index in [1.165, 1.54) is 5.56 Å². The Hall–Kier alpha value is -1.13. The van der Waals surface area contributed by atoms with E-state index in [1.807, 2.05) is 6.20 Å². The molecule has 0 amide bonds. The van der Waals surface area contributed by atoms with Crippen molar-refractivity contribution in [3.63, 3.8) is 0 Å². The van der Waals surface area contributed by atoms with Gasteiger partial charge in [0.15, 0.2) is 0 Å². The van der Waals surface area contributed by atoms with Crippen LogP contribution in [0.3, 0.4) is 0 Å². The van der Waals surface area contributed by atoms with Crippen molar-refractivity contribution in [3.05, 3.63) is 23.9 Å². The van der Waals surface area contributed by atoms with Crippen molar-refractivity contribution in [2.75, 3.05) is 31.6 Å². The molecule has 2 heterocycles. The molecule has 1 aromatic rings. The molecule has 0 aromatic carbocycles. The summed E-state index contributed by atoms with van der Waals surface area (Å²) in [4.78, 5) is 9.41. The van der Waals surface area contributed by atoms with E-state index in [-0.39, 0.29) is 5.54 Å². The van der Waals surface area contributed by atoms with E-state index in [0.29, 0.717) is 6.04 Å². The largest absolute Gasteiger partial charge is 0.354 e. The Balaban J connectivity index is 1.94. The third-order valence-corrected chi connectivity index (χ3v) is 3.92. The number of piperazine rings is 1. The molecule has 2 rings (SSSR count). The van der Waals surface area contributed by atoms with Crippen LogP contribution in [0, 0.1) is 0 Å². The molecule has 1 aliphatic rings. The maximum Gasteiger partial charge on any atom is 0.128 e. The van der Waals surface area contributed by atoms with Crippen molar-refractivity contribution in [2.45, 2.75) is 45.8 Å². The van der Waals surface area contributed by atoms with Gasteiger partial charge >= 0.3 is 0 Å². The highest BCUT2D eigenvalue weighted by Gasteiger charge is 2.21. The van der Waals surface area contributed by atoms with Crippen LogP contribution in [-0.4, -0.2) is 48.1 Å². The average Bonchev–Trinajstić information content (AvgIpc) is 2.39. The molecule has 0 saturated carbocycles. The summed E-state index contributed by atoms with van der Waals surface area (Å²) in [5.41, 5.74) is 1.39. The first-order valence-electron chi connectivity index (χ1n) is 7.50. The number of nitrogens with zero attached hydrogens (tertiary/aromatic N) is 3. The van der Waals surface area contributed by atoms with E-state index >= 15 is 0 Å². The van der Waals surface area contributed by atoms with E-state index < -0.39 is 0 Å². The van der Waals surface area contributed by atoms with Gasteiger partial charge < -0.3 is 15.1 Å². The monoisotopic (exact) mass is 276 g/mol. The number of rotatable bonds is 3. The highest BCUT2D eigenvalue weighted by molar-refractivity contribution is 5.40. The third-order valence-electron chi connectivity index (χ3n) is 3.92. The number of likely N-dealkylation sites (N-methyl/N-ethyl adjacent to an activating group) is 1. The second-order valence-electron chi connectivity index (χ2n) is 6.90. The zero-order chi connectivity index (χ0) is 14.8. The lowest BCUT2D eigenvalue weighted by Gasteiger charge is -2.38.